The molecule has 2 heterocycles. The average Bonchev–Trinajstić information content (AvgIpc) is 3.01. The van der Waals surface area contributed by atoms with Crippen molar-refractivity contribution in [1.82, 2.24) is 15.2 Å². The summed E-state index contributed by atoms with van der Waals surface area (Å²) in [6.45, 7) is 8.01. The van der Waals surface area contributed by atoms with Crippen LogP contribution in [0.4, 0.5) is 14.5 Å². The van der Waals surface area contributed by atoms with Gasteiger partial charge in [-0.15, -0.1) is 0 Å². The second kappa shape index (κ2) is 9.53. The standard InChI is InChI=1S/C26H34F2N4O3/c1-15(29-7)23(34)30-22(25(2,3)4)24(35)32-14-26(5,6)18-11-21(33)31(13-20(18)32)12-16-8-9-17(27)10-19(16)28/h8-11,13,15,22,29H,12,14H2,1-7H3,(H,30,34)/t15-,22+/m0/s1/i7D3. The average molecular weight is 492 g/mol. The van der Waals surface area contributed by atoms with Gasteiger partial charge in [-0.2, -0.15) is 0 Å². The summed E-state index contributed by atoms with van der Waals surface area (Å²) in [6.07, 6.45) is 1.48. The summed E-state index contributed by atoms with van der Waals surface area (Å²) in [6, 6.07) is 2.42. The van der Waals surface area contributed by atoms with Gasteiger partial charge in [-0.3, -0.25) is 14.4 Å². The lowest BCUT2D eigenvalue weighted by Gasteiger charge is -2.34. The highest BCUT2D eigenvalue weighted by Crippen LogP contribution is 2.40. The van der Waals surface area contributed by atoms with Crippen LogP contribution in [-0.4, -0.2) is 42.0 Å². The Hall–Kier alpha value is -3.07. The van der Waals surface area contributed by atoms with E-state index >= 15 is 0 Å². The highest BCUT2D eigenvalue weighted by atomic mass is 19.1. The third-order valence-electron chi connectivity index (χ3n) is 6.31. The maximum atomic E-state index is 14.3. The molecule has 1 aromatic carbocycles. The lowest BCUT2D eigenvalue weighted by molar-refractivity contribution is -0.130. The first-order valence-corrected chi connectivity index (χ1v) is 11.4. The third kappa shape index (κ3) is 5.45. The van der Waals surface area contributed by atoms with Gasteiger partial charge >= 0.3 is 0 Å². The van der Waals surface area contributed by atoms with E-state index in [4.69, 9.17) is 4.11 Å². The fourth-order valence-corrected chi connectivity index (χ4v) is 4.17. The van der Waals surface area contributed by atoms with Crippen LogP contribution in [0.5, 0.6) is 0 Å². The number of nitrogens with zero attached hydrogens (tertiary/aromatic N) is 2. The van der Waals surface area contributed by atoms with E-state index in [1.807, 2.05) is 13.8 Å². The molecule has 1 aromatic heterocycles. The predicted molar refractivity (Wildman–Crippen MR) is 131 cm³/mol. The zero-order valence-corrected chi connectivity index (χ0v) is 20.8. The lowest BCUT2D eigenvalue weighted by Crippen LogP contribution is -2.57. The molecule has 0 saturated heterocycles. The van der Waals surface area contributed by atoms with Gasteiger partial charge in [0.1, 0.15) is 17.7 Å². The van der Waals surface area contributed by atoms with Crippen LogP contribution in [0.25, 0.3) is 0 Å². The molecule has 2 aromatic rings. The van der Waals surface area contributed by atoms with Gasteiger partial charge in [0.15, 0.2) is 0 Å². The molecule has 0 fully saturated rings. The van der Waals surface area contributed by atoms with Crippen molar-refractivity contribution >= 4 is 17.5 Å². The van der Waals surface area contributed by atoms with Gasteiger partial charge < -0.3 is 20.1 Å². The van der Waals surface area contributed by atoms with Crippen molar-refractivity contribution in [2.24, 2.45) is 5.41 Å². The zero-order valence-electron chi connectivity index (χ0n) is 23.8. The van der Waals surface area contributed by atoms with Crippen molar-refractivity contribution < 1.29 is 22.5 Å². The van der Waals surface area contributed by atoms with Crippen LogP contribution in [0, 0.1) is 17.0 Å². The third-order valence-corrected chi connectivity index (χ3v) is 6.31. The molecule has 0 unspecified atom stereocenters. The van der Waals surface area contributed by atoms with E-state index in [9.17, 15) is 23.2 Å². The molecule has 0 saturated carbocycles. The van der Waals surface area contributed by atoms with Crippen LogP contribution in [-0.2, 0) is 21.5 Å². The highest BCUT2D eigenvalue weighted by molar-refractivity contribution is 6.02. The van der Waals surface area contributed by atoms with Crippen LogP contribution < -0.4 is 21.1 Å². The highest BCUT2D eigenvalue weighted by Gasteiger charge is 2.44. The molecule has 0 aliphatic carbocycles. The van der Waals surface area contributed by atoms with Gasteiger partial charge in [-0.05, 0) is 30.9 Å². The quantitative estimate of drug-likeness (QED) is 0.651. The summed E-state index contributed by atoms with van der Waals surface area (Å²) >= 11 is 0. The maximum absolute atomic E-state index is 14.3. The Kier molecular flexibility index (Phi) is 6.10. The predicted octanol–water partition coefficient (Wildman–Crippen LogP) is 2.94. The normalized spacial score (nSPS) is 18.2. The van der Waals surface area contributed by atoms with E-state index < -0.39 is 58.9 Å². The minimum Gasteiger partial charge on any atom is -0.342 e. The van der Waals surface area contributed by atoms with Crippen molar-refractivity contribution in [1.29, 1.82) is 0 Å². The molecule has 7 nitrogen and oxygen atoms in total. The van der Waals surface area contributed by atoms with Crippen LogP contribution in [0.1, 0.15) is 56.8 Å². The van der Waals surface area contributed by atoms with Crippen LogP contribution in [0.3, 0.4) is 0 Å². The van der Waals surface area contributed by atoms with E-state index in [2.05, 4.69) is 10.6 Å². The first kappa shape index (κ1) is 22.4. The fourth-order valence-electron chi connectivity index (χ4n) is 4.17. The zero-order chi connectivity index (χ0) is 28.8. The molecule has 3 rings (SSSR count). The van der Waals surface area contributed by atoms with Gasteiger partial charge in [-0.1, -0.05) is 40.7 Å². The van der Waals surface area contributed by atoms with Crippen molar-refractivity contribution in [2.45, 2.75) is 65.6 Å². The Morgan fingerprint density at radius 1 is 1.23 bits per heavy atom. The number of amides is 2. The maximum Gasteiger partial charge on any atom is 0.251 e. The molecule has 1 aliphatic rings. The molecule has 9 heteroatoms. The van der Waals surface area contributed by atoms with Gasteiger partial charge in [0, 0.05) is 40.0 Å². The second-order valence-electron chi connectivity index (χ2n) is 10.8. The number of hydrogen-bond acceptors (Lipinski definition) is 4. The minimum absolute atomic E-state index is 0.110. The number of hydrogen-bond donors (Lipinski definition) is 2. The van der Waals surface area contributed by atoms with E-state index in [0.717, 1.165) is 12.1 Å². The lowest BCUT2D eigenvalue weighted by atomic mass is 9.85. The number of pyridine rings is 1. The number of carbonyl (C=O) groups is 2. The number of rotatable bonds is 6. The van der Waals surface area contributed by atoms with Gasteiger partial charge in [-0.25, -0.2) is 8.78 Å². The number of anilines is 1. The van der Waals surface area contributed by atoms with Crippen LogP contribution in [0.15, 0.2) is 35.3 Å². The molecule has 0 bridgehead atoms. The molecule has 2 amide bonds. The molecular weight excluding hydrogens is 454 g/mol. The van der Waals surface area contributed by atoms with E-state index in [-0.39, 0.29) is 18.7 Å². The van der Waals surface area contributed by atoms with Crippen molar-refractivity contribution in [3.05, 3.63) is 63.6 Å². The second-order valence-corrected chi connectivity index (χ2v) is 10.8. The Morgan fingerprint density at radius 3 is 2.51 bits per heavy atom. The summed E-state index contributed by atoms with van der Waals surface area (Å²) in [5.41, 5.74) is -0.556. The molecule has 1 aliphatic heterocycles. The van der Waals surface area contributed by atoms with Crippen LogP contribution in [0.2, 0.25) is 0 Å². The molecule has 2 N–H and O–H groups in total. The van der Waals surface area contributed by atoms with Crippen molar-refractivity contribution in [3.63, 3.8) is 0 Å². The van der Waals surface area contributed by atoms with Crippen molar-refractivity contribution in [2.75, 3.05) is 18.4 Å². The molecular formula is C26H34F2N4O3. The Morgan fingerprint density at radius 2 is 1.91 bits per heavy atom. The van der Waals surface area contributed by atoms with E-state index in [1.165, 1.54) is 34.7 Å². The topological polar surface area (TPSA) is 83.4 Å². The number of carbonyl (C=O) groups excluding carboxylic acids is 2. The number of fused-ring (bicyclic) bond motifs is 1. The summed E-state index contributed by atoms with van der Waals surface area (Å²) < 4.78 is 50.9. The number of likely N-dealkylation sites (N-methyl/N-ethyl adjacent to an activating group) is 1. The minimum atomic E-state index is -2.54. The van der Waals surface area contributed by atoms with Gasteiger partial charge in [0.05, 0.1) is 18.3 Å². The smallest absolute Gasteiger partial charge is 0.251 e. The Labute approximate surface area is 208 Å². The van der Waals surface area contributed by atoms with E-state index in [0.29, 0.717) is 11.3 Å². The SMILES string of the molecule is [2H]C([2H])([2H])N[C@@H](C)C(=O)N[C@H](C(=O)N1CC(C)(C)c2cc(=O)n(Cc3ccc(F)cc3F)cc21)C(C)(C)C. The van der Waals surface area contributed by atoms with Crippen LogP contribution >= 0.6 is 0 Å². The van der Waals surface area contributed by atoms with E-state index in [1.54, 1.807) is 20.8 Å². The monoisotopic (exact) mass is 491 g/mol. The van der Waals surface area contributed by atoms with Crippen molar-refractivity contribution in [3.8, 4) is 0 Å². The number of aromatic nitrogens is 1. The Balaban J connectivity index is 1.98. The molecule has 35 heavy (non-hydrogen) atoms. The molecule has 0 radical (unpaired) electrons. The van der Waals surface area contributed by atoms with Gasteiger partial charge in [0.25, 0.3) is 5.56 Å². The number of benzene rings is 1. The summed E-state index contributed by atoms with van der Waals surface area (Å²) in [7, 11) is 0. The summed E-state index contributed by atoms with van der Waals surface area (Å²) in [5.74, 6) is -2.60. The summed E-state index contributed by atoms with van der Waals surface area (Å²) in [4.78, 5) is 41.1. The number of halogens is 2. The first-order chi connectivity index (χ1) is 17.3. The first-order valence-electron chi connectivity index (χ1n) is 12.9. The fraction of sp³-hybridized carbons (Fsp3) is 0.500. The summed E-state index contributed by atoms with van der Waals surface area (Å²) in [5, 5.41) is 4.93. The molecule has 190 valence electrons. The Bertz CT molecular complexity index is 1300. The molecule has 2 atom stereocenters. The van der Waals surface area contributed by atoms with Gasteiger partial charge in [0.2, 0.25) is 11.8 Å². The number of nitrogens with one attached hydrogen (secondary N) is 2. The largest absolute Gasteiger partial charge is 0.342 e. The molecule has 0 spiro atoms.